The molecule has 10 heteroatoms. The van der Waals surface area contributed by atoms with Crippen molar-refractivity contribution >= 4 is 19.8 Å². The van der Waals surface area contributed by atoms with Crippen molar-refractivity contribution in [3.8, 4) is 0 Å². The smallest absolute Gasteiger partial charge is 0.306 e. The molecule has 94 heavy (non-hydrogen) atoms. The molecule has 0 N–H and O–H groups in total. The van der Waals surface area contributed by atoms with Crippen LogP contribution in [-0.2, 0) is 32.7 Å². The summed E-state index contributed by atoms with van der Waals surface area (Å²) in [5, 5.41) is 0. The minimum absolute atomic E-state index is 0.0446. The Morgan fingerprint density at radius 3 is 0.851 bits per heavy atom. The largest absolute Gasteiger partial charge is 0.756 e. The minimum atomic E-state index is -4.66. The first-order valence-corrected chi connectivity index (χ1v) is 38.3. The molecule has 0 bridgehead atoms. The van der Waals surface area contributed by atoms with Crippen molar-refractivity contribution in [1.82, 2.24) is 0 Å². The van der Waals surface area contributed by atoms with Crippen LogP contribution < -0.4 is 4.89 Å². The van der Waals surface area contributed by atoms with Gasteiger partial charge in [0.2, 0.25) is 0 Å². The van der Waals surface area contributed by atoms with E-state index in [1.165, 1.54) is 57.8 Å². The SMILES string of the molecule is CC/C=C\C/C=C\C/C=C\C/C=C\C/C=C\C/C=C\C/C=C\C/C=C\C/C=C\C/C=C\CCCCCCCCCCC(=O)OC(COC(=O)CCCCCCCCCCC/C=C\C/C=C\C/C=C\C/C=C\C/C=C\C/C=C\C/C=C\CC)COP(=O)([O-])OCC[N+](C)(C)C. The molecule has 0 fully saturated rings. The monoisotopic (exact) mass is 1320 g/mol. The Morgan fingerprint density at radius 2 is 0.574 bits per heavy atom. The lowest BCUT2D eigenvalue weighted by Gasteiger charge is -2.28. The number of likely N-dealkylation sites (N-methyl/N-ethyl adjacent to an activating group) is 1. The molecular formula is C84H134NO8P. The fraction of sp³-hybridized carbons (Fsp3) is 0.571. The number of rotatable bonds is 65. The highest BCUT2D eigenvalue weighted by Crippen LogP contribution is 2.38. The lowest BCUT2D eigenvalue weighted by molar-refractivity contribution is -0.870. The van der Waals surface area contributed by atoms with Gasteiger partial charge in [-0.25, -0.2) is 0 Å². The van der Waals surface area contributed by atoms with Crippen LogP contribution >= 0.6 is 7.82 Å². The Balaban J connectivity index is 4.16. The molecule has 0 saturated carbocycles. The van der Waals surface area contributed by atoms with Crippen molar-refractivity contribution in [3.05, 3.63) is 207 Å². The Bertz CT molecular complexity index is 2340. The molecule has 2 atom stereocenters. The number of phosphoric ester groups is 1. The lowest BCUT2D eigenvalue weighted by atomic mass is 10.1. The summed E-state index contributed by atoms with van der Waals surface area (Å²) in [6.07, 6.45) is 113. The van der Waals surface area contributed by atoms with E-state index in [0.29, 0.717) is 23.9 Å². The topological polar surface area (TPSA) is 111 Å². The van der Waals surface area contributed by atoms with Crippen molar-refractivity contribution in [1.29, 1.82) is 0 Å². The van der Waals surface area contributed by atoms with Crippen molar-refractivity contribution in [2.75, 3.05) is 47.5 Å². The summed E-state index contributed by atoms with van der Waals surface area (Å²) in [4.78, 5) is 38.1. The minimum Gasteiger partial charge on any atom is -0.756 e. The molecule has 2 unspecified atom stereocenters. The Hall–Kier alpha value is -5.41. The maximum Gasteiger partial charge on any atom is 0.306 e. The van der Waals surface area contributed by atoms with Gasteiger partial charge in [-0.15, -0.1) is 0 Å². The van der Waals surface area contributed by atoms with Crippen LogP contribution in [0, 0.1) is 0 Å². The standard InChI is InChI=1S/C84H134NO8P/c1-6-8-10-12-14-16-18-20-22-24-26-28-30-32-34-36-38-39-40-41-42-43-44-45-47-49-51-53-55-57-59-61-63-65-67-69-71-73-75-77-84(87)93-82(81-92-94(88,89)91-79-78-85(3,4)5)80-90-83(86)76-74-72-70-68-66-64-62-60-58-56-54-52-50-48-46-37-35-33-31-29-27-25-23-21-19-17-15-13-11-9-7-2/h8-11,14-17,20-23,26-29,32-35,38-39,41-42,44-46,48-49,51-52,54-55,57,82H,6-7,12-13,18-19,24-25,30-31,36-37,40,43,47,50,53,56,58-81H2,1-5H3/b10-8-,11-9-,16-14-,17-15-,22-20-,23-21-,28-26-,29-27-,34-32-,35-33-,39-38-,42-41-,45-44-,48-46-,51-49-,54-52-,57-55-. The molecule has 0 aromatic rings. The predicted octanol–water partition coefficient (Wildman–Crippen LogP) is 24.0. The van der Waals surface area contributed by atoms with Gasteiger partial charge in [0.25, 0.3) is 7.82 Å². The second-order valence-electron chi connectivity index (χ2n) is 24.8. The van der Waals surface area contributed by atoms with Gasteiger partial charge >= 0.3 is 11.9 Å². The number of allylic oxidation sites excluding steroid dienone is 34. The molecule has 0 heterocycles. The van der Waals surface area contributed by atoms with Gasteiger partial charge in [0.1, 0.15) is 19.8 Å². The first-order valence-electron chi connectivity index (χ1n) is 36.8. The molecule has 0 aromatic carbocycles. The molecule has 0 saturated heterocycles. The van der Waals surface area contributed by atoms with E-state index in [4.69, 9.17) is 18.5 Å². The van der Waals surface area contributed by atoms with E-state index in [0.717, 1.165) is 161 Å². The highest BCUT2D eigenvalue weighted by Gasteiger charge is 2.22. The molecule has 0 radical (unpaired) electrons. The highest BCUT2D eigenvalue weighted by atomic mass is 31.2. The molecule has 0 aliphatic carbocycles. The zero-order chi connectivity index (χ0) is 68.3. The van der Waals surface area contributed by atoms with E-state index in [1.807, 2.05) is 21.1 Å². The number of nitrogens with zero attached hydrogens (tertiary/aromatic N) is 1. The quantitative estimate of drug-likeness (QED) is 0.0195. The summed E-state index contributed by atoms with van der Waals surface area (Å²) in [5.41, 5.74) is 0. The summed E-state index contributed by atoms with van der Waals surface area (Å²) >= 11 is 0. The van der Waals surface area contributed by atoms with Crippen LogP contribution in [-0.4, -0.2) is 70.0 Å². The average Bonchev–Trinajstić information content (AvgIpc) is 1.56. The van der Waals surface area contributed by atoms with Gasteiger partial charge in [-0.3, -0.25) is 14.2 Å². The fourth-order valence-corrected chi connectivity index (χ4v) is 9.98. The van der Waals surface area contributed by atoms with Crippen molar-refractivity contribution in [2.24, 2.45) is 0 Å². The summed E-state index contributed by atoms with van der Waals surface area (Å²) in [6.45, 7) is 3.97. The van der Waals surface area contributed by atoms with Gasteiger partial charge in [0.05, 0.1) is 27.7 Å². The summed E-state index contributed by atoms with van der Waals surface area (Å²) < 4.78 is 34.3. The number of carbonyl (C=O) groups is 2. The summed E-state index contributed by atoms with van der Waals surface area (Å²) in [7, 11) is 1.13. The van der Waals surface area contributed by atoms with Crippen LogP contribution in [0.5, 0.6) is 0 Å². The highest BCUT2D eigenvalue weighted by molar-refractivity contribution is 7.45. The maximum absolute atomic E-state index is 12.9. The summed E-state index contributed by atoms with van der Waals surface area (Å²) in [5.74, 6) is -0.863. The number of quaternary nitrogens is 1. The predicted molar refractivity (Wildman–Crippen MR) is 405 cm³/mol. The number of hydrogen-bond acceptors (Lipinski definition) is 8. The van der Waals surface area contributed by atoms with Gasteiger partial charge in [-0.2, -0.15) is 0 Å². The second-order valence-corrected chi connectivity index (χ2v) is 26.2. The molecular weight excluding hydrogens is 1180 g/mol. The van der Waals surface area contributed by atoms with Crippen molar-refractivity contribution < 1.29 is 42.1 Å². The number of ether oxygens (including phenoxy) is 2. The van der Waals surface area contributed by atoms with Crippen LogP contribution in [0.3, 0.4) is 0 Å². The molecule has 0 aromatic heterocycles. The third-order valence-electron chi connectivity index (χ3n) is 14.8. The molecule has 0 rings (SSSR count). The average molecular weight is 1320 g/mol. The number of phosphoric acid groups is 1. The van der Waals surface area contributed by atoms with Crippen LogP contribution in [0.2, 0.25) is 0 Å². The second kappa shape index (κ2) is 71.9. The van der Waals surface area contributed by atoms with E-state index in [1.54, 1.807) is 0 Å². The van der Waals surface area contributed by atoms with Gasteiger partial charge < -0.3 is 27.9 Å². The van der Waals surface area contributed by atoms with E-state index in [-0.39, 0.29) is 26.1 Å². The molecule has 0 amide bonds. The van der Waals surface area contributed by atoms with Gasteiger partial charge in [0, 0.05) is 12.8 Å². The zero-order valence-electron chi connectivity index (χ0n) is 60.1. The van der Waals surface area contributed by atoms with Crippen molar-refractivity contribution in [3.63, 3.8) is 0 Å². The molecule has 0 aliphatic rings. The summed E-state index contributed by atoms with van der Waals surface area (Å²) in [6, 6.07) is 0. The molecule has 0 aliphatic heterocycles. The Morgan fingerprint density at radius 1 is 0.330 bits per heavy atom. The number of unbranched alkanes of at least 4 members (excludes halogenated alkanes) is 17. The maximum atomic E-state index is 12.9. The van der Waals surface area contributed by atoms with Crippen LogP contribution in [0.1, 0.15) is 258 Å². The van der Waals surface area contributed by atoms with Gasteiger partial charge in [-0.05, 0) is 148 Å². The van der Waals surface area contributed by atoms with E-state index in [2.05, 4.69) is 220 Å². The first kappa shape index (κ1) is 88.6. The fourth-order valence-electron chi connectivity index (χ4n) is 9.25. The van der Waals surface area contributed by atoms with E-state index < -0.39 is 32.5 Å². The Labute approximate surface area is 576 Å². The van der Waals surface area contributed by atoms with Crippen LogP contribution in [0.4, 0.5) is 0 Å². The van der Waals surface area contributed by atoms with Crippen LogP contribution in [0.25, 0.3) is 0 Å². The number of hydrogen-bond donors (Lipinski definition) is 0. The molecule has 528 valence electrons. The first-order chi connectivity index (χ1) is 46.0. The number of esters is 2. The van der Waals surface area contributed by atoms with E-state index in [9.17, 15) is 19.0 Å². The molecule has 0 spiro atoms. The molecule has 9 nitrogen and oxygen atoms in total. The third-order valence-corrected chi connectivity index (χ3v) is 15.8. The Kier molecular flexibility index (Phi) is 67.7. The van der Waals surface area contributed by atoms with Gasteiger partial charge in [0.15, 0.2) is 6.10 Å². The normalized spacial score (nSPS) is 14.3. The zero-order valence-corrected chi connectivity index (χ0v) is 61.0. The van der Waals surface area contributed by atoms with E-state index >= 15 is 0 Å². The van der Waals surface area contributed by atoms with Gasteiger partial charge in [-0.1, -0.05) is 304 Å². The van der Waals surface area contributed by atoms with Crippen LogP contribution in [0.15, 0.2) is 207 Å². The lowest BCUT2D eigenvalue weighted by Crippen LogP contribution is -2.37. The third kappa shape index (κ3) is 75.6. The van der Waals surface area contributed by atoms with Crippen molar-refractivity contribution in [2.45, 2.75) is 264 Å². The number of carbonyl (C=O) groups excluding carboxylic acids is 2.